The molecule has 6 nitrogen and oxygen atoms in total. The van der Waals surface area contributed by atoms with Crippen molar-refractivity contribution in [3.63, 3.8) is 0 Å². The molecule has 136 valence electrons. The van der Waals surface area contributed by atoms with Crippen molar-refractivity contribution in [3.05, 3.63) is 51.7 Å². The summed E-state index contributed by atoms with van der Waals surface area (Å²) in [5.41, 5.74) is 1.59. The molecule has 0 bridgehead atoms. The Labute approximate surface area is 151 Å². The van der Waals surface area contributed by atoms with Gasteiger partial charge in [-0.1, -0.05) is 37.5 Å². The number of rotatable bonds is 3. The average molecular weight is 353 g/mol. The van der Waals surface area contributed by atoms with E-state index in [9.17, 15) is 15.1 Å². The second-order valence-electron chi connectivity index (χ2n) is 7.23. The van der Waals surface area contributed by atoms with Gasteiger partial charge < -0.3 is 15.3 Å². The summed E-state index contributed by atoms with van der Waals surface area (Å²) < 4.78 is 1.84. The Morgan fingerprint density at radius 2 is 2.00 bits per heavy atom. The molecular formula is C20H23N3O3. The number of benzene rings is 1. The van der Waals surface area contributed by atoms with E-state index in [1.807, 2.05) is 24.3 Å². The molecule has 1 aromatic carbocycles. The molecule has 0 spiro atoms. The van der Waals surface area contributed by atoms with Gasteiger partial charge in [-0.25, -0.2) is 0 Å². The fourth-order valence-corrected chi connectivity index (χ4v) is 4.16. The second kappa shape index (κ2) is 6.52. The minimum absolute atomic E-state index is 0.139. The molecule has 0 unspecified atom stereocenters. The lowest BCUT2D eigenvalue weighted by Gasteiger charge is -2.21. The number of aromatic nitrogens is 3. The van der Waals surface area contributed by atoms with Gasteiger partial charge in [-0.05, 0) is 24.8 Å². The zero-order valence-electron chi connectivity index (χ0n) is 14.9. The average Bonchev–Trinajstić information content (AvgIpc) is 3.09. The lowest BCUT2D eigenvalue weighted by Crippen LogP contribution is -2.44. The maximum Gasteiger partial charge on any atom is 0.402 e. The van der Waals surface area contributed by atoms with Crippen LogP contribution < -0.4 is 10.3 Å². The highest BCUT2D eigenvalue weighted by molar-refractivity contribution is 5.95. The van der Waals surface area contributed by atoms with Gasteiger partial charge >= 0.3 is 11.4 Å². The van der Waals surface area contributed by atoms with E-state index in [0.717, 1.165) is 36.6 Å². The summed E-state index contributed by atoms with van der Waals surface area (Å²) in [6.45, 7) is 0. The maximum absolute atomic E-state index is 12.9. The molecule has 0 radical (unpaired) electrons. The van der Waals surface area contributed by atoms with Crippen LogP contribution in [0.15, 0.2) is 35.3 Å². The van der Waals surface area contributed by atoms with Crippen molar-refractivity contribution in [1.82, 2.24) is 9.55 Å². The molecule has 3 aromatic rings. The molecule has 2 aromatic heterocycles. The fraction of sp³-hybridized carbons (Fsp3) is 0.400. The molecule has 2 heterocycles. The number of fused-ring (bicyclic) bond motifs is 1. The Morgan fingerprint density at radius 3 is 2.77 bits per heavy atom. The third kappa shape index (κ3) is 2.66. The number of aromatic amines is 1. The van der Waals surface area contributed by atoms with Gasteiger partial charge in [0.05, 0.1) is 0 Å². The lowest BCUT2D eigenvalue weighted by atomic mass is 9.86. The minimum atomic E-state index is -0.414. The Bertz CT molecular complexity index is 1010. The Hall–Kier alpha value is -2.76. The normalized spacial score (nSPS) is 15.6. The molecule has 1 fully saturated rings. The fourth-order valence-electron chi connectivity index (χ4n) is 4.16. The first-order valence-electron chi connectivity index (χ1n) is 9.18. The highest BCUT2D eigenvalue weighted by Gasteiger charge is 2.29. The molecule has 1 saturated carbocycles. The van der Waals surface area contributed by atoms with E-state index in [1.165, 1.54) is 11.0 Å². The molecule has 4 rings (SSSR count). The molecule has 0 amide bonds. The molecule has 26 heavy (non-hydrogen) atoms. The molecule has 1 aliphatic carbocycles. The van der Waals surface area contributed by atoms with Gasteiger partial charge in [-0.2, -0.15) is 0 Å². The van der Waals surface area contributed by atoms with Gasteiger partial charge in [0.25, 0.3) is 5.69 Å². The van der Waals surface area contributed by atoms with E-state index in [2.05, 4.69) is 4.98 Å². The number of hydrogen-bond donors (Lipinski definition) is 2. The van der Waals surface area contributed by atoms with Gasteiger partial charge in [0.15, 0.2) is 5.69 Å². The van der Waals surface area contributed by atoms with Crippen LogP contribution in [0.25, 0.3) is 22.2 Å². The van der Waals surface area contributed by atoms with Gasteiger partial charge in [-0.3, -0.25) is 9.36 Å². The van der Waals surface area contributed by atoms with Crippen LogP contribution in [0.1, 0.15) is 37.8 Å². The summed E-state index contributed by atoms with van der Waals surface area (Å²) in [7, 11) is 1.61. The first kappa shape index (κ1) is 16.7. The van der Waals surface area contributed by atoms with Crippen LogP contribution in [0.4, 0.5) is 0 Å². The van der Waals surface area contributed by atoms with E-state index < -0.39 is 5.88 Å². The lowest BCUT2D eigenvalue weighted by molar-refractivity contribution is -0.623. The number of para-hydroxylation sites is 1. The van der Waals surface area contributed by atoms with E-state index in [-0.39, 0.29) is 16.9 Å². The Morgan fingerprint density at radius 1 is 1.27 bits per heavy atom. The summed E-state index contributed by atoms with van der Waals surface area (Å²) in [4.78, 5) is 16.0. The van der Waals surface area contributed by atoms with Crippen molar-refractivity contribution in [1.29, 1.82) is 0 Å². The quantitative estimate of drug-likeness (QED) is 0.561. The van der Waals surface area contributed by atoms with Crippen LogP contribution in [0.2, 0.25) is 0 Å². The van der Waals surface area contributed by atoms with Crippen LogP contribution in [-0.4, -0.2) is 14.7 Å². The number of hydrogen-bond acceptors (Lipinski definition) is 3. The Kier molecular flexibility index (Phi) is 4.18. The zero-order valence-corrected chi connectivity index (χ0v) is 14.9. The van der Waals surface area contributed by atoms with Crippen molar-refractivity contribution < 1.29 is 9.84 Å². The molecule has 6 heteroatoms. The Balaban J connectivity index is 1.84. The van der Waals surface area contributed by atoms with Crippen molar-refractivity contribution >= 4 is 10.9 Å². The van der Waals surface area contributed by atoms with Crippen LogP contribution in [0.5, 0.6) is 5.88 Å². The van der Waals surface area contributed by atoms with Crippen molar-refractivity contribution in [2.45, 2.75) is 38.5 Å². The molecule has 2 N–H and O–H groups in total. The molecule has 1 aliphatic rings. The first-order chi connectivity index (χ1) is 12.6. The maximum atomic E-state index is 12.9. The number of aromatic hydroxyl groups is 1. The minimum Gasteiger partial charge on any atom is -0.616 e. The van der Waals surface area contributed by atoms with Crippen molar-refractivity contribution in [3.8, 4) is 17.1 Å². The van der Waals surface area contributed by atoms with Gasteiger partial charge in [0.1, 0.15) is 0 Å². The SMILES string of the molecule is Cn1c(-c2c[nH]c3ccccc23)c(O)[n+]([O-])c(CC2CCCCC2)c1=O. The smallest absolute Gasteiger partial charge is 0.402 e. The molecule has 0 atom stereocenters. The summed E-state index contributed by atoms with van der Waals surface area (Å²) in [5.74, 6) is -0.0716. The summed E-state index contributed by atoms with van der Waals surface area (Å²) in [5, 5.41) is 24.2. The second-order valence-corrected chi connectivity index (χ2v) is 7.23. The summed E-state index contributed by atoms with van der Waals surface area (Å²) in [6.07, 6.45) is 7.73. The zero-order chi connectivity index (χ0) is 18.3. The summed E-state index contributed by atoms with van der Waals surface area (Å²) in [6, 6.07) is 7.60. The number of H-pyrrole nitrogens is 1. The topological polar surface area (TPSA) is 85.0 Å². The van der Waals surface area contributed by atoms with E-state index in [1.54, 1.807) is 13.2 Å². The van der Waals surface area contributed by atoms with Gasteiger partial charge in [0, 0.05) is 36.1 Å². The van der Waals surface area contributed by atoms with Crippen LogP contribution in [0, 0.1) is 11.1 Å². The first-order valence-corrected chi connectivity index (χ1v) is 9.18. The van der Waals surface area contributed by atoms with Gasteiger partial charge in [-0.15, -0.1) is 4.73 Å². The van der Waals surface area contributed by atoms with E-state index >= 15 is 0 Å². The van der Waals surface area contributed by atoms with Crippen molar-refractivity contribution in [2.24, 2.45) is 13.0 Å². The third-order valence-electron chi connectivity index (χ3n) is 5.59. The molecular weight excluding hydrogens is 330 g/mol. The highest BCUT2D eigenvalue weighted by atomic mass is 16.5. The number of nitrogens with zero attached hydrogens (tertiary/aromatic N) is 2. The number of nitrogens with one attached hydrogen (secondary N) is 1. The van der Waals surface area contributed by atoms with Crippen molar-refractivity contribution in [2.75, 3.05) is 0 Å². The molecule has 0 saturated heterocycles. The standard InChI is InChI=1S/C20H23N3O3/c1-22-18(15-12-21-16-10-6-5-9-14(15)16)20(25)23(26)17(19(22)24)11-13-7-3-2-4-8-13/h5-6,9-10,12-13,21,25H,2-4,7-8,11H2,1H3. The molecule has 0 aliphatic heterocycles. The predicted molar refractivity (Wildman–Crippen MR) is 99.9 cm³/mol. The predicted octanol–water partition coefficient (Wildman–Crippen LogP) is 3.00. The van der Waals surface area contributed by atoms with Crippen LogP contribution in [-0.2, 0) is 13.5 Å². The highest BCUT2D eigenvalue weighted by Crippen LogP contribution is 2.32. The monoisotopic (exact) mass is 353 g/mol. The third-order valence-corrected chi connectivity index (χ3v) is 5.59. The van der Waals surface area contributed by atoms with Crippen LogP contribution >= 0.6 is 0 Å². The van der Waals surface area contributed by atoms with E-state index in [0.29, 0.717) is 22.6 Å². The van der Waals surface area contributed by atoms with Gasteiger partial charge in [0.2, 0.25) is 0 Å². The largest absolute Gasteiger partial charge is 0.616 e. The summed E-state index contributed by atoms with van der Waals surface area (Å²) >= 11 is 0. The van der Waals surface area contributed by atoms with Crippen LogP contribution in [0.3, 0.4) is 0 Å². The van der Waals surface area contributed by atoms with E-state index in [4.69, 9.17) is 0 Å².